The monoisotopic (exact) mass is 536 g/mol. The summed E-state index contributed by atoms with van der Waals surface area (Å²) in [6.45, 7) is 2.71. The molecule has 0 aliphatic heterocycles. The van der Waals surface area contributed by atoms with Gasteiger partial charge in [-0.25, -0.2) is 8.96 Å². The molecule has 0 unspecified atom stereocenters. The van der Waals surface area contributed by atoms with Gasteiger partial charge in [-0.1, -0.05) is 58.4 Å². The van der Waals surface area contributed by atoms with Crippen molar-refractivity contribution in [1.29, 1.82) is 0 Å². The molecule has 1 fully saturated rings. The Bertz CT molecular complexity index is 1450. The Labute approximate surface area is 224 Å². The molecule has 2 heterocycles. The molecule has 2 aromatic carbocycles. The summed E-state index contributed by atoms with van der Waals surface area (Å²) in [6.07, 6.45) is 10.5. The van der Waals surface area contributed by atoms with Crippen molar-refractivity contribution >= 4 is 20.4 Å². The SMILES string of the molecule is CS(=O)(O)(c1ccccc1)n1cc(CN(CCCCNC2CCC2)Cc2cccnc2F)c2ccccc21. The van der Waals surface area contributed by atoms with E-state index < -0.39 is 15.5 Å². The van der Waals surface area contributed by atoms with Crippen LogP contribution in [0.2, 0.25) is 0 Å². The molecule has 6 nitrogen and oxygen atoms in total. The Hall–Kier alpha value is -2.91. The fraction of sp³-hybridized carbons (Fsp3) is 0.367. The summed E-state index contributed by atoms with van der Waals surface area (Å²) >= 11 is 0. The Balaban J connectivity index is 1.42. The zero-order valence-electron chi connectivity index (χ0n) is 21.9. The van der Waals surface area contributed by atoms with E-state index in [1.54, 1.807) is 42.6 Å². The van der Waals surface area contributed by atoms with Crippen LogP contribution >= 0.6 is 0 Å². The van der Waals surface area contributed by atoms with Crippen LogP contribution in [0.5, 0.6) is 0 Å². The second-order valence-electron chi connectivity index (χ2n) is 10.5. The Morgan fingerprint density at radius 1 is 1.03 bits per heavy atom. The van der Waals surface area contributed by atoms with Crippen molar-refractivity contribution in [2.45, 2.75) is 56.1 Å². The smallest absolute Gasteiger partial charge is 0.217 e. The summed E-state index contributed by atoms with van der Waals surface area (Å²) in [5, 5.41) is 4.53. The van der Waals surface area contributed by atoms with Gasteiger partial charge in [0.15, 0.2) is 0 Å². The first-order valence-electron chi connectivity index (χ1n) is 13.4. The third-order valence-electron chi connectivity index (χ3n) is 7.57. The molecule has 0 saturated heterocycles. The van der Waals surface area contributed by atoms with Gasteiger partial charge in [-0.15, -0.1) is 0 Å². The second-order valence-corrected chi connectivity index (χ2v) is 13.8. The standard InChI is InChI=1S/C30H37FN4O2S/c1-38(36,37,27-14-3-2-4-15-27)35-23-25(28-16-5-6-17-29(28)35)22-34(21-24-11-10-19-33-30(24)31)20-8-7-18-32-26-12-9-13-26/h2-6,10-11,14-17,19,23,26,32H,7-9,12-13,18,20-22H2,1H3,(H,36,37). The number of aromatic nitrogens is 2. The van der Waals surface area contributed by atoms with Gasteiger partial charge < -0.3 is 5.32 Å². The summed E-state index contributed by atoms with van der Waals surface area (Å²) in [5.41, 5.74) is 2.18. The fourth-order valence-corrected chi connectivity index (χ4v) is 7.17. The average Bonchev–Trinajstić information content (AvgIpc) is 3.26. The van der Waals surface area contributed by atoms with E-state index in [2.05, 4.69) is 15.2 Å². The summed E-state index contributed by atoms with van der Waals surface area (Å²) in [4.78, 5) is 6.41. The molecule has 2 aromatic heterocycles. The van der Waals surface area contributed by atoms with E-state index >= 15 is 0 Å². The van der Waals surface area contributed by atoms with Crippen molar-refractivity contribution in [1.82, 2.24) is 19.2 Å². The average molecular weight is 537 g/mol. The van der Waals surface area contributed by atoms with Crippen LogP contribution in [0.15, 0.2) is 84.0 Å². The predicted molar refractivity (Wildman–Crippen MR) is 152 cm³/mol. The molecular weight excluding hydrogens is 499 g/mol. The van der Waals surface area contributed by atoms with Crippen LogP contribution < -0.4 is 5.32 Å². The lowest BCUT2D eigenvalue weighted by Crippen LogP contribution is -2.38. The van der Waals surface area contributed by atoms with E-state index in [1.807, 2.05) is 30.3 Å². The lowest BCUT2D eigenvalue weighted by atomic mass is 9.93. The first kappa shape index (κ1) is 26.7. The van der Waals surface area contributed by atoms with Crippen LogP contribution in [0.1, 0.15) is 43.2 Å². The molecular formula is C30H37FN4O2S. The summed E-state index contributed by atoms with van der Waals surface area (Å²) in [5.74, 6) is -0.456. The van der Waals surface area contributed by atoms with Crippen LogP contribution in [-0.2, 0) is 22.6 Å². The Kier molecular flexibility index (Phi) is 7.77. The number of fused-ring (bicyclic) bond motifs is 1. The number of pyridine rings is 1. The summed E-state index contributed by atoms with van der Waals surface area (Å²) in [7, 11) is -4.40. The summed E-state index contributed by atoms with van der Waals surface area (Å²) < 4.78 is 41.9. The third-order valence-corrected chi connectivity index (χ3v) is 10.2. The van der Waals surface area contributed by atoms with E-state index in [1.165, 1.54) is 35.7 Å². The van der Waals surface area contributed by atoms with Crippen LogP contribution in [0, 0.1) is 5.95 Å². The molecule has 38 heavy (non-hydrogen) atoms. The molecule has 4 aromatic rings. The maximum atomic E-state index is 14.5. The molecule has 2 N–H and O–H groups in total. The number of nitrogens with zero attached hydrogens (tertiary/aromatic N) is 3. The Morgan fingerprint density at radius 2 is 1.76 bits per heavy atom. The van der Waals surface area contributed by atoms with Gasteiger partial charge in [0.2, 0.25) is 5.95 Å². The van der Waals surface area contributed by atoms with Crippen LogP contribution in [-0.4, -0.2) is 48.0 Å². The van der Waals surface area contributed by atoms with E-state index in [0.29, 0.717) is 35.1 Å². The predicted octanol–water partition coefficient (Wildman–Crippen LogP) is 5.85. The minimum atomic E-state index is -4.40. The zero-order chi connectivity index (χ0) is 26.6. The third kappa shape index (κ3) is 5.73. The van der Waals surface area contributed by atoms with Crippen LogP contribution in [0.3, 0.4) is 0 Å². The molecule has 1 aliphatic carbocycles. The van der Waals surface area contributed by atoms with Gasteiger partial charge in [-0.3, -0.25) is 9.45 Å². The first-order valence-corrected chi connectivity index (χ1v) is 15.7. The highest BCUT2D eigenvalue weighted by atomic mass is 32.3. The highest BCUT2D eigenvalue weighted by Gasteiger charge is 2.29. The number of hydrogen-bond acceptors (Lipinski definition) is 4. The number of halogens is 1. The van der Waals surface area contributed by atoms with E-state index in [-0.39, 0.29) is 0 Å². The number of rotatable bonds is 12. The quantitative estimate of drug-likeness (QED) is 0.176. The zero-order valence-corrected chi connectivity index (χ0v) is 22.7. The normalized spacial score (nSPS) is 15.4. The van der Waals surface area contributed by atoms with Gasteiger partial charge in [-0.2, -0.15) is 8.60 Å². The van der Waals surface area contributed by atoms with Crippen LogP contribution in [0.4, 0.5) is 4.39 Å². The van der Waals surface area contributed by atoms with Crippen molar-refractivity contribution in [3.8, 4) is 0 Å². The minimum absolute atomic E-state index is 0.366. The molecule has 1 saturated carbocycles. The lowest BCUT2D eigenvalue weighted by molar-refractivity contribution is 0.245. The van der Waals surface area contributed by atoms with Crippen molar-refractivity contribution in [2.24, 2.45) is 0 Å². The number of nitrogens with one attached hydrogen (secondary N) is 1. The fourth-order valence-electron chi connectivity index (χ4n) is 5.16. The molecule has 0 amide bonds. The van der Waals surface area contributed by atoms with E-state index in [9.17, 15) is 13.2 Å². The van der Waals surface area contributed by atoms with Gasteiger partial charge in [0.25, 0.3) is 0 Å². The number of benzene rings is 2. The van der Waals surface area contributed by atoms with Crippen molar-refractivity contribution in [2.75, 3.05) is 19.3 Å². The van der Waals surface area contributed by atoms with Gasteiger partial charge in [0.1, 0.15) is 0 Å². The molecule has 202 valence electrons. The maximum absolute atomic E-state index is 14.5. The van der Waals surface area contributed by atoms with Gasteiger partial charge in [-0.05, 0) is 68.6 Å². The van der Waals surface area contributed by atoms with Gasteiger partial charge in [0.05, 0.1) is 10.4 Å². The topological polar surface area (TPSA) is 70.4 Å². The minimum Gasteiger partial charge on any atom is -0.314 e. The number of hydrogen-bond donors (Lipinski definition) is 2. The van der Waals surface area contributed by atoms with E-state index in [4.69, 9.17) is 0 Å². The highest BCUT2D eigenvalue weighted by molar-refractivity contribution is 8.13. The molecule has 0 radical (unpaired) electrons. The summed E-state index contributed by atoms with van der Waals surface area (Å²) in [6, 6.07) is 20.7. The lowest BCUT2D eigenvalue weighted by Gasteiger charge is -2.41. The number of unbranched alkanes of at least 4 members (excludes halogenated alkanes) is 1. The molecule has 0 atom stereocenters. The molecule has 1 aliphatic rings. The van der Waals surface area contributed by atoms with Crippen molar-refractivity contribution in [3.05, 3.63) is 96.2 Å². The van der Waals surface area contributed by atoms with Crippen molar-refractivity contribution in [3.63, 3.8) is 0 Å². The first-order chi connectivity index (χ1) is 18.3. The van der Waals surface area contributed by atoms with Gasteiger partial charge in [0, 0.05) is 48.7 Å². The van der Waals surface area contributed by atoms with Gasteiger partial charge >= 0.3 is 0 Å². The Morgan fingerprint density at radius 3 is 2.50 bits per heavy atom. The second kappa shape index (κ2) is 11.1. The maximum Gasteiger partial charge on any atom is 0.217 e. The molecule has 8 heteroatoms. The molecule has 5 rings (SSSR count). The largest absolute Gasteiger partial charge is 0.314 e. The van der Waals surface area contributed by atoms with Crippen molar-refractivity contribution < 1.29 is 13.2 Å². The van der Waals surface area contributed by atoms with E-state index in [0.717, 1.165) is 36.9 Å². The highest BCUT2D eigenvalue weighted by Crippen LogP contribution is 2.37. The van der Waals surface area contributed by atoms with Crippen LogP contribution in [0.25, 0.3) is 10.9 Å². The molecule has 0 spiro atoms. The molecule has 0 bridgehead atoms. The number of para-hydroxylation sites is 1.